The molecule has 0 amide bonds. The van der Waals surface area contributed by atoms with Gasteiger partial charge in [0.05, 0.1) is 5.92 Å². The first-order chi connectivity index (χ1) is 16.7. The second kappa shape index (κ2) is 14.8. The molecule has 34 heavy (non-hydrogen) atoms. The van der Waals surface area contributed by atoms with Gasteiger partial charge in [-0.25, -0.2) is 0 Å². The highest BCUT2D eigenvalue weighted by molar-refractivity contribution is 6.01. The minimum atomic E-state index is -0.699. The molecule has 0 fully saturated rings. The van der Waals surface area contributed by atoms with E-state index in [4.69, 9.17) is 0 Å². The highest BCUT2D eigenvalue weighted by Gasteiger charge is 2.21. The first-order valence-corrected chi connectivity index (χ1v) is 13.8. The molecule has 0 saturated carbocycles. The van der Waals surface area contributed by atoms with Crippen LogP contribution in [0, 0.1) is 0 Å². The Labute approximate surface area is 206 Å². The summed E-state index contributed by atoms with van der Waals surface area (Å²) in [7, 11) is 0. The predicted octanol–water partition coefficient (Wildman–Crippen LogP) is 10.0. The highest BCUT2D eigenvalue weighted by atomic mass is 16.4. The topological polar surface area (TPSA) is 37.3 Å². The Bertz CT molecular complexity index is 1010. The van der Waals surface area contributed by atoms with Crippen LogP contribution in [0.1, 0.15) is 115 Å². The van der Waals surface area contributed by atoms with Crippen LogP contribution in [0.15, 0.2) is 54.6 Å². The summed E-state index contributed by atoms with van der Waals surface area (Å²) in [5.74, 6) is -1.13. The summed E-state index contributed by atoms with van der Waals surface area (Å²) in [6.07, 6.45) is 19.2. The van der Waals surface area contributed by atoms with E-state index in [9.17, 15) is 9.90 Å². The maximum atomic E-state index is 12.2. The van der Waals surface area contributed by atoms with E-state index < -0.39 is 11.9 Å². The fourth-order valence-corrected chi connectivity index (χ4v) is 5.25. The molecule has 0 bridgehead atoms. The van der Waals surface area contributed by atoms with Crippen LogP contribution in [-0.4, -0.2) is 11.1 Å². The predicted molar refractivity (Wildman–Crippen MR) is 147 cm³/mol. The average Bonchev–Trinajstić information content (AvgIpc) is 2.85. The van der Waals surface area contributed by atoms with Gasteiger partial charge in [0.15, 0.2) is 0 Å². The minimum absolute atomic E-state index is 0.429. The Morgan fingerprint density at radius 3 is 1.71 bits per heavy atom. The number of benzene rings is 3. The number of rotatable bonds is 17. The Morgan fingerprint density at radius 1 is 0.647 bits per heavy atom. The van der Waals surface area contributed by atoms with Crippen molar-refractivity contribution in [2.45, 2.75) is 109 Å². The van der Waals surface area contributed by atoms with Gasteiger partial charge in [-0.1, -0.05) is 139 Å². The van der Waals surface area contributed by atoms with E-state index in [-0.39, 0.29) is 0 Å². The molecule has 184 valence electrons. The largest absolute Gasteiger partial charge is 0.481 e. The molecule has 3 rings (SSSR count). The maximum Gasteiger partial charge on any atom is 0.310 e. The van der Waals surface area contributed by atoms with Gasteiger partial charge < -0.3 is 5.11 Å². The molecular formula is C32H44O2. The number of carbonyl (C=O) groups is 1. The lowest BCUT2D eigenvalue weighted by molar-refractivity contribution is -0.139. The van der Waals surface area contributed by atoms with Crippen LogP contribution in [0.5, 0.6) is 0 Å². The number of carboxylic acid groups (broad SMARTS) is 1. The third-order valence-electron chi connectivity index (χ3n) is 7.30. The second-order valence-corrected chi connectivity index (χ2v) is 10.0. The summed E-state index contributed by atoms with van der Waals surface area (Å²) in [5.41, 5.74) is 0.963. The molecule has 0 saturated heterocycles. The summed E-state index contributed by atoms with van der Waals surface area (Å²) in [6, 6.07) is 18.8. The van der Waals surface area contributed by atoms with Crippen LogP contribution in [0.25, 0.3) is 21.5 Å². The van der Waals surface area contributed by atoms with Crippen molar-refractivity contribution < 1.29 is 9.90 Å². The van der Waals surface area contributed by atoms with Gasteiger partial charge in [0.1, 0.15) is 0 Å². The van der Waals surface area contributed by atoms with Gasteiger partial charge in [-0.2, -0.15) is 0 Å². The molecule has 1 N–H and O–H groups in total. The number of aliphatic carboxylic acids is 1. The van der Waals surface area contributed by atoms with Crippen molar-refractivity contribution in [3.05, 3.63) is 60.2 Å². The summed E-state index contributed by atoms with van der Waals surface area (Å²) in [6.45, 7) is 2.27. The fourth-order valence-electron chi connectivity index (χ4n) is 5.25. The zero-order chi connectivity index (χ0) is 24.0. The third kappa shape index (κ3) is 8.15. The molecule has 0 radical (unpaired) electrons. The van der Waals surface area contributed by atoms with Crippen molar-refractivity contribution in [2.24, 2.45) is 0 Å². The minimum Gasteiger partial charge on any atom is -0.481 e. The number of carboxylic acids is 1. The van der Waals surface area contributed by atoms with Gasteiger partial charge in [-0.05, 0) is 45.7 Å². The lowest BCUT2D eigenvalue weighted by atomic mass is 9.88. The van der Waals surface area contributed by atoms with Crippen molar-refractivity contribution in [2.75, 3.05) is 0 Å². The van der Waals surface area contributed by atoms with Crippen molar-refractivity contribution in [3.63, 3.8) is 0 Å². The molecule has 0 spiro atoms. The normalized spacial score (nSPS) is 12.4. The molecule has 2 nitrogen and oxygen atoms in total. The maximum absolute atomic E-state index is 12.2. The molecule has 3 aromatic rings. The van der Waals surface area contributed by atoms with Crippen LogP contribution >= 0.6 is 0 Å². The van der Waals surface area contributed by atoms with Crippen LogP contribution in [0.2, 0.25) is 0 Å². The molecular weight excluding hydrogens is 416 g/mol. The van der Waals surface area contributed by atoms with Gasteiger partial charge >= 0.3 is 5.97 Å². The van der Waals surface area contributed by atoms with Crippen molar-refractivity contribution in [1.82, 2.24) is 0 Å². The summed E-state index contributed by atoms with van der Waals surface area (Å²) in [5, 5.41) is 14.6. The van der Waals surface area contributed by atoms with Crippen molar-refractivity contribution in [3.8, 4) is 0 Å². The molecule has 0 aromatic heterocycles. The van der Waals surface area contributed by atoms with E-state index in [1.165, 1.54) is 87.8 Å². The third-order valence-corrected chi connectivity index (χ3v) is 7.30. The van der Waals surface area contributed by atoms with E-state index in [1.54, 1.807) is 0 Å². The Balaban J connectivity index is 1.39. The molecule has 3 aromatic carbocycles. The lowest BCUT2D eigenvalue weighted by Gasteiger charge is -2.16. The molecule has 1 atom stereocenters. The number of hydrogen-bond donors (Lipinski definition) is 1. The highest BCUT2D eigenvalue weighted by Crippen LogP contribution is 2.32. The monoisotopic (exact) mass is 460 g/mol. The zero-order valence-electron chi connectivity index (χ0n) is 21.2. The Hall–Kier alpha value is -2.35. The fraction of sp³-hybridized carbons (Fsp3) is 0.531. The SMILES string of the molecule is CCCCCCCCCCCCCCCCC(C(=O)O)c1cccc2cc3ccccc3cc12. The summed E-state index contributed by atoms with van der Waals surface area (Å²) < 4.78 is 0. The summed E-state index contributed by atoms with van der Waals surface area (Å²) in [4.78, 5) is 12.2. The van der Waals surface area contributed by atoms with E-state index in [0.29, 0.717) is 0 Å². The average molecular weight is 461 g/mol. The smallest absolute Gasteiger partial charge is 0.310 e. The standard InChI is InChI=1S/C32H44O2/c1-2-3-4-5-6-7-8-9-10-11-12-13-14-15-22-30(32(33)34)29-23-18-21-28-24-26-19-16-17-20-27(26)25-31(28)29/h16-21,23-25,30H,2-15,22H2,1H3,(H,33,34). The molecule has 0 aliphatic heterocycles. The van der Waals surface area contributed by atoms with E-state index in [0.717, 1.165) is 35.6 Å². The lowest BCUT2D eigenvalue weighted by Crippen LogP contribution is -2.12. The van der Waals surface area contributed by atoms with Crippen LogP contribution in [0.3, 0.4) is 0 Å². The second-order valence-electron chi connectivity index (χ2n) is 10.0. The Kier molecular flexibility index (Phi) is 11.4. The number of fused-ring (bicyclic) bond motifs is 2. The van der Waals surface area contributed by atoms with Crippen LogP contribution in [-0.2, 0) is 4.79 Å². The number of unbranched alkanes of at least 4 members (excludes halogenated alkanes) is 13. The van der Waals surface area contributed by atoms with Gasteiger partial charge in [-0.3, -0.25) is 4.79 Å². The zero-order valence-corrected chi connectivity index (χ0v) is 21.2. The van der Waals surface area contributed by atoms with E-state index >= 15 is 0 Å². The van der Waals surface area contributed by atoms with E-state index in [1.807, 2.05) is 24.3 Å². The summed E-state index contributed by atoms with van der Waals surface area (Å²) >= 11 is 0. The first kappa shape index (κ1) is 26.3. The molecule has 2 heteroatoms. The molecule has 1 unspecified atom stereocenters. The molecule has 0 aliphatic rings. The van der Waals surface area contributed by atoms with Crippen LogP contribution < -0.4 is 0 Å². The van der Waals surface area contributed by atoms with Crippen molar-refractivity contribution >= 4 is 27.5 Å². The van der Waals surface area contributed by atoms with Crippen LogP contribution in [0.4, 0.5) is 0 Å². The quantitative estimate of drug-likeness (QED) is 0.161. The van der Waals surface area contributed by atoms with E-state index in [2.05, 4.69) is 37.3 Å². The number of hydrogen-bond acceptors (Lipinski definition) is 1. The molecule has 0 aliphatic carbocycles. The van der Waals surface area contributed by atoms with Gasteiger partial charge in [0.25, 0.3) is 0 Å². The van der Waals surface area contributed by atoms with Gasteiger partial charge in [-0.15, -0.1) is 0 Å². The van der Waals surface area contributed by atoms with Gasteiger partial charge in [0, 0.05) is 0 Å². The van der Waals surface area contributed by atoms with Crippen molar-refractivity contribution in [1.29, 1.82) is 0 Å². The first-order valence-electron chi connectivity index (χ1n) is 13.8. The van der Waals surface area contributed by atoms with Gasteiger partial charge in [0.2, 0.25) is 0 Å². The Morgan fingerprint density at radius 2 is 1.15 bits per heavy atom. The molecule has 0 heterocycles.